The molecule has 2 aromatic carbocycles. The zero-order valence-corrected chi connectivity index (χ0v) is 17.0. The van der Waals surface area contributed by atoms with E-state index < -0.39 is 0 Å². The minimum atomic E-state index is -0.269. The van der Waals surface area contributed by atoms with E-state index >= 15 is 0 Å². The number of benzene rings is 2. The summed E-state index contributed by atoms with van der Waals surface area (Å²) in [5.74, 6) is 0.309. The third kappa shape index (κ3) is 5.35. The van der Waals surface area contributed by atoms with Crippen molar-refractivity contribution in [2.24, 2.45) is 10.7 Å². The van der Waals surface area contributed by atoms with Crippen LogP contribution in [0, 0.1) is 0 Å². The second-order valence-electron chi connectivity index (χ2n) is 8.38. The highest BCUT2D eigenvalue weighted by molar-refractivity contribution is 5.95. The van der Waals surface area contributed by atoms with Crippen molar-refractivity contribution in [1.82, 2.24) is 5.32 Å². The van der Waals surface area contributed by atoms with Crippen molar-refractivity contribution in [3.8, 4) is 0 Å². The van der Waals surface area contributed by atoms with Crippen LogP contribution in [0.2, 0.25) is 0 Å². The molecule has 0 aromatic heterocycles. The number of aryl methyl sites for hydroxylation is 1. The van der Waals surface area contributed by atoms with E-state index in [0.717, 1.165) is 24.1 Å². The summed E-state index contributed by atoms with van der Waals surface area (Å²) in [5.41, 5.74) is 11.2. The van der Waals surface area contributed by atoms with Crippen LogP contribution >= 0.6 is 0 Å². The molecule has 0 aliphatic heterocycles. The van der Waals surface area contributed by atoms with Gasteiger partial charge in [-0.2, -0.15) is 0 Å². The van der Waals surface area contributed by atoms with Crippen molar-refractivity contribution in [2.45, 2.75) is 58.5 Å². The Labute approximate surface area is 167 Å². The molecule has 1 aliphatic rings. The number of nitrogens with zero attached hydrogens (tertiary/aromatic N) is 1. The van der Waals surface area contributed by atoms with Crippen molar-refractivity contribution in [3.63, 3.8) is 0 Å². The van der Waals surface area contributed by atoms with Crippen LogP contribution in [-0.4, -0.2) is 17.4 Å². The van der Waals surface area contributed by atoms with Crippen molar-refractivity contribution >= 4 is 17.6 Å². The molecule has 1 amide bonds. The summed E-state index contributed by atoms with van der Waals surface area (Å²) in [5, 5.41) is 6.23. The van der Waals surface area contributed by atoms with Gasteiger partial charge in [0.2, 0.25) is 0 Å². The average Bonchev–Trinajstić information content (AvgIpc) is 2.66. The van der Waals surface area contributed by atoms with Gasteiger partial charge in [-0.3, -0.25) is 4.79 Å². The van der Waals surface area contributed by atoms with Crippen LogP contribution in [0.15, 0.2) is 47.5 Å². The zero-order valence-electron chi connectivity index (χ0n) is 17.0. The molecule has 4 N–H and O–H groups in total. The fourth-order valence-electron chi connectivity index (χ4n) is 3.48. The van der Waals surface area contributed by atoms with Gasteiger partial charge in [0.1, 0.15) is 0 Å². The summed E-state index contributed by atoms with van der Waals surface area (Å²) >= 11 is 0. The monoisotopic (exact) mass is 378 g/mol. The van der Waals surface area contributed by atoms with Gasteiger partial charge in [-0.05, 0) is 81.3 Å². The smallest absolute Gasteiger partial charge is 0.251 e. The Morgan fingerprint density at radius 1 is 1.11 bits per heavy atom. The van der Waals surface area contributed by atoms with E-state index in [2.05, 4.69) is 33.8 Å². The topological polar surface area (TPSA) is 79.5 Å². The minimum absolute atomic E-state index is 0.0830. The van der Waals surface area contributed by atoms with E-state index in [1.165, 1.54) is 24.0 Å². The molecule has 5 nitrogen and oxygen atoms in total. The van der Waals surface area contributed by atoms with Crippen LogP contribution in [0.5, 0.6) is 0 Å². The molecule has 3 rings (SSSR count). The fourth-order valence-corrected chi connectivity index (χ4v) is 3.48. The van der Waals surface area contributed by atoms with Crippen molar-refractivity contribution in [3.05, 3.63) is 64.7 Å². The molecule has 0 spiro atoms. The first-order chi connectivity index (χ1) is 13.3. The number of anilines is 1. The van der Waals surface area contributed by atoms with Crippen LogP contribution in [-0.2, 0) is 19.4 Å². The molecular formula is C23H30N4O. The molecule has 148 valence electrons. The van der Waals surface area contributed by atoms with Crippen LogP contribution in [0.1, 0.15) is 60.7 Å². The molecule has 0 heterocycles. The minimum Gasteiger partial charge on any atom is -0.370 e. The number of aliphatic imine (C=N–C) groups is 1. The maximum Gasteiger partial charge on any atom is 0.251 e. The number of hydrogen-bond acceptors (Lipinski definition) is 2. The molecule has 0 fully saturated rings. The number of nitrogens with two attached hydrogens (primary N) is 1. The summed E-state index contributed by atoms with van der Waals surface area (Å²) in [4.78, 5) is 16.8. The first-order valence-corrected chi connectivity index (χ1v) is 9.91. The Kier molecular flexibility index (Phi) is 6.02. The first-order valence-electron chi connectivity index (χ1n) is 9.91. The Morgan fingerprint density at radius 3 is 2.64 bits per heavy atom. The van der Waals surface area contributed by atoms with Crippen molar-refractivity contribution in [2.75, 3.05) is 5.32 Å². The molecule has 0 radical (unpaired) electrons. The van der Waals surface area contributed by atoms with E-state index in [-0.39, 0.29) is 11.4 Å². The second kappa shape index (κ2) is 8.46. The summed E-state index contributed by atoms with van der Waals surface area (Å²) in [7, 11) is 0. The van der Waals surface area contributed by atoms with Gasteiger partial charge in [-0.15, -0.1) is 0 Å². The number of fused-ring (bicyclic) bond motifs is 1. The third-order valence-corrected chi connectivity index (χ3v) is 4.77. The highest BCUT2D eigenvalue weighted by atomic mass is 16.1. The zero-order chi connectivity index (χ0) is 20.1. The Hall–Kier alpha value is -2.82. The lowest BCUT2D eigenvalue weighted by Gasteiger charge is -2.20. The Bertz CT molecular complexity index is 880. The maximum absolute atomic E-state index is 12.3. The fraction of sp³-hybridized carbons (Fsp3) is 0.391. The lowest BCUT2D eigenvalue weighted by molar-refractivity contribution is 0.0919. The lowest BCUT2D eigenvalue weighted by atomic mass is 9.90. The van der Waals surface area contributed by atoms with Crippen molar-refractivity contribution in [1.29, 1.82) is 0 Å². The standard InChI is InChI=1S/C23H30N4O/c1-23(2,3)27-21(28)18-11-6-8-16(14-18)15-25-22(24)26-20-13-7-10-17-9-4-5-12-19(17)20/h6-8,10-11,13-14H,4-5,9,12,15H2,1-3H3,(H,27,28)(H3,24,25,26). The van der Waals surface area contributed by atoms with E-state index in [0.29, 0.717) is 18.1 Å². The van der Waals surface area contributed by atoms with E-state index in [1.54, 1.807) is 0 Å². The van der Waals surface area contributed by atoms with Gasteiger partial charge in [0, 0.05) is 16.8 Å². The SMILES string of the molecule is CC(C)(C)NC(=O)c1cccc(CN=C(N)Nc2cccc3c2CCCC3)c1. The Balaban J connectivity index is 1.67. The largest absolute Gasteiger partial charge is 0.370 e. The third-order valence-electron chi connectivity index (χ3n) is 4.77. The molecule has 1 aliphatic carbocycles. The Morgan fingerprint density at radius 2 is 1.86 bits per heavy atom. The molecule has 0 unspecified atom stereocenters. The van der Waals surface area contributed by atoms with Crippen LogP contribution in [0.3, 0.4) is 0 Å². The van der Waals surface area contributed by atoms with E-state index in [9.17, 15) is 4.79 Å². The summed E-state index contributed by atoms with van der Waals surface area (Å²) in [6.45, 7) is 6.32. The predicted octanol–water partition coefficient (Wildman–Crippen LogP) is 4.02. The summed E-state index contributed by atoms with van der Waals surface area (Å²) in [6.07, 6.45) is 4.67. The number of hydrogen-bond donors (Lipinski definition) is 3. The predicted molar refractivity (Wildman–Crippen MR) is 116 cm³/mol. The molecule has 0 saturated carbocycles. The van der Waals surface area contributed by atoms with Crippen LogP contribution < -0.4 is 16.4 Å². The first kappa shape index (κ1) is 19.9. The number of amides is 1. The van der Waals surface area contributed by atoms with Gasteiger partial charge in [-0.1, -0.05) is 24.3 Å². The van der Waals surface area contributed by atoms with Gasteiger partial charge in [-0.25, -0.2) is 4.99 Å². The van der Waals surface area contributed by atoms with Gasteiger partial charge >= 0.3 is 0 Å². The molecule has 0 saturated heterocycles. The van der Waals surface area contributed by atoms with E-state index in [1.807, 2.05) is 45.0 Å². The molecule has 5 heteroatoms. The molecule has 0 bridgehead atoms. The summed E-state index contributed by atoms with van der Waals surface area (Å²) < 4.78 is 0. The van der Waals surface area contributed by atoms with Crippen LogP contribution in [0.25, 0.3) is 0 Å². The highest BCUT2D eigenvalue weighted by Gasteiger charge is 2.15. The number of rotatable bonds is 4. The van der Waals surface area contributed by atoms with Crippen molar-refractivity contribution < 1.29 is 4.79 Å². The highest BCUT2D eigenvalue weighted by Crippen LogP contribution is 2.27. The molecule has 0 atom stereocenters. The quantitative estimate of drug-likeness (QED) is 0.555. The molecule has 28 heavy (non-hydrogen) atoms. The maximum atomic E-state index is 12.3. The number of guanidine groups is 1. The number of carbonyl (C=O) groups excluding carboxylic acids is 1. The lowest BCUT2D eigenvalue weighted by Crippen LogP contribution is -2.40. The average molecular weight is 379 g/mol. The van der Waals surface area contributed by atoms with Crippen LogP contribution in [0.4, 0.5) is 5.69 Å². The van der Waals surface area contributed by atoms with Gasteiger partial charge in [0.25, 0.3) is 5.91 Å². The number of nitrogens with one attached hydrogen (secondary N) is 2. The van der Waals surface area contributed by atoms with Gasteiger partial charge in [0.15, 0.2) is 5.96 Å². The van der Waals surface area contributed by atoms with Gasteiger partial charge in [0.05, 0.1) is 6.54 Å². The molecule has 2 aromatic rings. The summed E-state index contributed by atoms with van der Waals surface area (Å²) in [6, 6.07) is 13.8. The second-order valence-corrected chi connectivity index (χ2v) is 8.38. The van der Waals surface area contributed by atoms with Gasteiger partial charge < -0.3 is 16.4 Å². The number of carbonyl (C=O) groups is 1. The normalized spacial score (nSPS) is 14.3. The van der Waals surface area contributed by atoms with E-state index in [4.69, 9.17) is 5.73 Å². The molecular weight excluding hydrogens is 348 g/mol.